The van der Waals surface area contributed by atoms with E-state index in [0.29, 0.717) is 13.1 Å². The number of nitro benzene ring substituents is 1. The van der Waals surface area contributed by atoms with E-state index in [1.807, 2.05) is 6.92 Å². The van der Waals surface area contributed by atoms with Crippen LogP contribution in [0.1, 0.15) is 13.3 Å². The van der Waals surface area contributed by atoms with Gasteiger partial charge in [0.2, 0.25) is 0 Å². The molecule has 0 radical (unpaired) electrons. The molecule has 0 aliphatic rings. The number of nitrogens with zero attached hydrogens (tertiary/aromatic N) is 2. The van der Waals surface area contributed by atoms with E-state index in [9.17, 15) is 14.5 Å². The first kappa shape index (κ1) is 13.4. The zero-order valence-electron chi connectivity index (χ0n) is 9.60. The van der Waals surface area contributed by atoms with E-state index in [1.165, 1.54) is 12.1 Å². The minimum atomic E-state index is -0.638. The predicted molar refractivity (Wildman–Crippen MR) is 62.6 cm³/mol. The number of hydrogen-bond donors (Lipinski definition) is 1. The molecule has 0 fully saturated rings. The molecular weight excluding hydrogens is 227 g/mol. The minimum absolute atomic E-state index is 0.0869. The fraction of sp³-hybridized carbons (Fsp3) is 0.455. The Kier molecular flexibility index (Phi) is 4.84. The summed E-state index contributed by atoms with van der Waals surface area (Å²) in [6.07, 6.45) is 0.802. The van der Waals surface area contributed by atoms with E-state index in [4.69, 9.17) is 5.11 Å². The maximum absolute atomic E-state index is 13.7. The largest absolute Gasteiger partial charge is 0.395 e. The average Bonchev–Trinajstić information content (AvgIpc) is 2.28. The lowest BCUT2D eigenvalue weighted by molar-refractivity contribution is -0.385. The van der Waals surface area contributed by atoms with Gasteiger partial charge in [0.1, 0.15) is 0 Å². The van der Waals surface area contributed by atoms with Crippen molar-refractivity contribution in [3.63, 3.8) is 0 Å². The van der Waals surface area contributed by atoms with E-state index in [2.05, 4.69) is 0 Å². The van der Waals surface area contributed by atoms with Crippen LogP contribution in [-0.4, -0.2) is 29.7 Å². The van der Waals surface area contributed by atoms with Crippen molar-refractivity contribution in [3.05, 3.63) is 34.1 Å². The lowest BCUT2D eigenvalue weighted by Gasteiger charge is -2.23. The van der Waals surface area contributed by atoms with Crippen molar-refractivity contribution in [2.75, 3.05) is 24.6 Å². The van der Waals surface area contributed by atoms with Crippen LogP contribution in [0.3, 0.4) is 0 Å². The van der Waals surface area contributed by atoms with Crippen molar-refractivity contribution < 1.29 is 14.4 Å². The number of nitro groups is 1. The molecule has 1 aromatic carbocycles. The summed E-state index contributed by atoms with van der Waals surface area (Å²) in [5.74, 6) is -0.638. The summed E-state index contributed by atoms with van der Waals surface area (Å²) >= 11 is 0. The molecule has 0 unspecified atom stereocenters. The molecule has 0 atom stereocenters. The molecule has 6 heteroatoms. The second-order valence-corrected chi connectivity index (χ2v) is 3.60. The summed E-state index contributed by atoms with van der Waals surface area (Å²) in [5, 5.41) is 19.4. The van der Waals surface area contributed by atoms with Gasteiger partial charge in [-0.3, -0.25) is 10.1 Å². The fourth-order valence-electron chi connectivity index (χ4n) is 1.61. The van der Waals surface area contributed by atoms with E-state index < -0.39 is 10.7 Å². The fourth-order valence-corrected chi connectivity index (χ4v) is 1.61. The summed E-state index contributed by atoms with van der Waals surface area (Å²) < 4.78 is 13.7. The van der Waals surface area contributed by atoms with E-state index >= 15 is 0 Å². The molecule has 0 heterocycles. The third-order valence-corrected chi connectivity index (χ3v) is 2.35. The molecule has 0 saturated carbocycles. The Labute approximate surface area is 98.6 Å². The topological polar surface area (TPSA) is 66.6 Å². The Hall–Kier alpha value is -1.69. The van der Waals surface area contributed by atoms with Crippen molar-refractivity contribution in [3.8, 4) is 0 Å². The first-order valence-corrected chi connectivity index (χ1v) is 5.40. The van der Waals surface area contributed by atoms with Gasteiger partial charge in [-0.1, -0.05) is 6.92 Å². The standard InChI is InChI=1S/C11H15FN2O3/c1-2-5-13(6-7-15)11-4-3-9(14(16)17)8-10(11)12/h3-4,8,15H,2,5-7H2,1H3. The van der Waals surface area contributed by atoms with Gasteiger partial charge < -0.3 is 10.0 Å². The monoisotopic (exact) mass is 242 g/mol. The summed E-state index contributed by atoms with van der Waals surface area (Å²) in [5.41, 5.74) is 0.0122. The van der Waals surface area contributed by atoms with Gasteiger partial charge in [0.15, 0.2) is 5.82 Å². The Balaban J connectivity index is 2.99. The van der Waals surface area contributed by atoms with Crippen LogP contribution in [0, 0.1) is 15.9 Å². The van der Waals surface area contributed by atoms with Gasteiger partial charge in [-0.15, -0.1) is 0 Å². The highest BCUT2D eigenvalue weighted by molar-refractivity contribution is 5.52. The molecule has 0 aromatic heterocycles. The quantitative estimate of drug-likeness (QED) is 0.611. The van der Waals surface area contributed by atoms with Crippen molar-refractivity contribution >= 4 is 11.4 Å². The summed E-state index contributed by atoms with van der Waals surface area (Å²) in [7, 11) is 0. The van der Waals surface area contributed by atoms with Crippen LogP contribution >= 0.6 is 0 Å². The lowest BCUT2D eigenvalue weighted by atomic mass is 10.2. The molecule has 1 aromatic rings. The van der Waals surface area contributed by atoms with Crippen molar-refractivity contribution in [1.29, 1.82) is 0 Å². The van der Waals surface area contributed by atoms with Crippen LogP contribution in [-0.2, 0) is 0 Å². The minimum Gasteiger partial charge on any atom is -0.395 e. The number of rotatable bonds is 6. The smallest absolute Gasteiger partial charge is 0.272 e. The van der Waals surface area contributed by atoms with E-state index in [-0.39, 0.29) is 18.0 Å². The number of aliphatic hydroxyl groups excluding tert-OH is 1. The Bertz CT molecular complexity index is 392. The van der Waals surface area contributed by atoms with Crippen molar-refractivity contribution in [2.45, 2.75) is 13.3 Å². The molecule has 0 bridgehead atoms. The van der Waals surface area contributed by atoms with Gasteiger partial charge in [0, 0.05) is 19.2 Å². The Morgan fingerprint density at radius 2 is 2.18 bits per heavy atom. The Morgan fingerprint density at radius 3 is 2.65 bits per heavy atom. The van der Waals surface area contributed by atoms with Crippen LogP contribution < -0.4 is 4.90 Å². The van der Waals surface area contributed by atoms with Gasteiger partial charge in [-0.25, -0.2) is 4.39 Å². The highest BCUT2D eigenvalue weighted by Gasteiger charge is 2.14. The first-order valence-electron chi connectivity index (χ1n) is 5.40. The molecule has 0 amide bonds. The normalized spacial score (nSPS) is 10.3. The molecule has 94 valence electrons. The number of halogens is 1. The summed E-state index contributed by atoms with van der Waals surface area (Å²) in [6, 6.07) is 3.53. The van der Waals surface area contributed by atoms with Gasteiger partial charge in [-0.05, 0) is 12.5 Å². The highest BCUT2D eigenvalue weighted by atomic mass is 19.1. The number of aliphatic hydroxyl groups is 1. The second-order valence-electron chi connectivity index (χ2n) is 3.60. The third-order valence-electron chi connectivity index (χ3n) is 2.35. The number of anilines is 1. The summed E-state index contributed by atoms with van der Waals surface area (Å²) in [6.45, 7) is 2.75. The molecule has 0 aliphatic carbocycles. The molecule has 0 spiro atoms. The maximum Gasteiger partial charge on any atom is 0.272 e. The molecule has 17 heavy (non-hydrogen) atoms. The van der Waals surface area contributed by atoms with E-state index in [0.717, 1.165) is 12.5 Å². The average molecular weight is 242 g/mol. The number of benzene rings is 1. The maximum atomic E-state index is 13.7. The second kappa shape index (κ2) is 6.15. The molecular formula is C11H15FN2O3. The van der Waals surface area contributed by atoms with Crippen molar-refractivity contribution in [1.82, 2.24) is 0 Å². The molecule has 0 aliphatic heterocycles. The molecule has 1 N–H and O–H groups in total. The van der Waals surface area contributed by atoms with Gasteiger partial charge in [-0.2, -0.15) is 0 Å². The highest BCUT2D eigenvalue weighted by Crippen LogP contribution is 2.24. The number of hydrogen-bond acceptors (Lipinski definition) is 4. The molecule has 0 saturated heterocycles. The van der Waals surface area contributed by atoms with Crippen LogP contribution in [0.2, 0.25) is 0 Å². The SMILES string of the molecule is CCCN(CCO)c1ccc([N+](=O)[O-])cc1F. The lowest BCUT2D eigenvalue weighted by Crippen LogP contribution is -2.28. The van der Waals surface area contributed by atoms with Gasteiger partial charge in [0.25, 0.3) is 5.69 Å². The molecule has 1 rings (SSSR count). The van der Waals surface area contributed by atoms with E-state index in [1.54, 1.807) is 4.90 Å². The Morgan fingerprint density at radius 1 is 1.47 bits per heavy atom. The van der Waals surface area contributed by atoms with Crippen LogP contribution in [0.5, 0.6) is 0 Å². The van der Waals surface area contributed by atoms with Crippen LogP contribution in [0.15, 0.2) is 18.2 Å². The zero-order chi connectivity index (χ0) is 12.8. The van der Waals surface area contributed by atoms with Crippen LogP contribution in [0.4, 0.5) is 15.8 Å². The molecule has 5 nitrogen and oxygen atoms in total. The van der Waals surface area contributed by atoms with Gasteiger partial charge in [0.05, 0.1) is 23.3 Å². The predicted octanol–water partition coefficient (Wildman–Crippen LogP) is 1.94. The first-order chi connectivity index (χ1) is 8.10. The third kappa shape index (κ3) is 3.39. The summed E-state index contributed by atoms with van der Waals surface area (Å²) in [4.78, 5) is 11.5. The number of non-ortho nitro benzene ring substituents is 1. The van der Waals surface area contributed by atoms with Crippen molar-refractivity contribution in [2.24, 2.45) is 0 Å². The van der Waals surface area contributed by atoms with Gasteiger partial charge >= 0.3 is 0 Å². The van der Waals surface area contributed by atoms with Crippen LogP contribution in [0.25, 0.3) is 0 Å². The zero-order valence-corrected chi connectivity index (χ0v) is 9.60.